The molecule has 0 saturated carbocycles. The molecule has 25 heavy (non-hydrogen) atoms. The van der Waals surface area contributed by atoms with Gasteiger partial charge in [-0.15, -0.1) is 24.0 Å². The maximum absolute atomic E-state index is 11.8. The van der Waals surface area contributed by atoms with Gasteiger partial charge in [-0.05, 0) is 19.3 Å². The zero-order valence-corrected chi connectivity index (χ0v) is 18.3. The van der Waals surface area contributed by atoms with E-state index < -0.39 is 10.0 Å². The third-order valence-electron chi connectivity index (χ3n) is 4.66. The molecule has 2 aliphatic rings. The molecule has 2 aliphatic heterocycles. The van der Waals surface area contributed by atoms with Crippen molar-refractivity contribution in [1.29, 1.82) is 0 Å². The van der Waals surface area contributed by atoms with E-state index in [0.29, 0.717) is 32.0 Å². The van der Waals surface area contributed by atoms with Gasteiger partial charge in [-0.2, -0.15) is 4.31 Å². The molecule has 10 heteroatoms. The lowest BCUT2D eigenvalue weighted by atomic mass is 10.2. The minimum Gasteiger partial charge on any atom is -0.355 e. The van der Waals surface area contributed by atoms with Gasteiger partial charge in [0.15, 0.2) is 5.96 Å². The molecule has 2 heterocycles. The van der Waals surface area contributed by atoms with E-state index in [1.54, 1.807) is 11.4 Å². The van der Waals surface area contributed by atoms with E-state index in [1.807, 2.05) is 11.8 Å². The summed E-state index contributed by atoms with van der Waals surface area (Å²) >= 11 is 0. The minimum atomic E-state index is -3.16. The predicted octanol–water partition coefficient (Wildman–Crippen LogP) is 0.204. The van der Waals surface area contributed by atoms with E-state index in [9.17, 15) is 13.2 Å². The van der Waals surface area contributed by atoms with Crippen molar-refractivity contribution in [2.24, 2.45) is 4.99 Å². The van der Waals surface area contributed by atoms with Gasteiger partial charge in [-0.3, -0.25) is 9.79 Å². The molecule has 2 fully saturated rings. The molecule has 0 bridgehead atoms. The lowest BCUT2D eigenvalue weighted by molar-refractivity contribution is -0.129. The fraction of sp³-hybridized carbons (Fsp3) is 0.867. The lowest BCUT2D eigenvalue weighted by Gasteiger charge is -2.24. The maximum Gasteiger partial charge on any atom is 0.222 e. The third-order valence-corrected chi connectivity index (χ3v) is 5.99. The summed E-state index contributed by atoms with van der Waals surface area (Å²) in [6.45, 7) is 4.46. The highest BCUT2D eigenvalue weighted by atomic mass is 127. The molecule has 1 unspecified atom stereocenters. The second kappa shape index (κ2) is 9.91. The number of nitrogens with one attached hydrogen (secondary N) is 2. The first-order valence-corrected chi connectivity index (χ1v) is 10.4. The molecule has 2 atom stereocenters. The monoisotopic (exact) mass is 487 g/mol. The standard InChI is InChI=1S/C15H29N5O3S.HI/c1-4-14(21)19-9-7-12(11-19)18-15(16-2)17-10-13-6-5-8-20(13)24(3,22)23;/h12-13H,4-11H2,1-3H3,(H2,16,17,18);1H/t12?,13-;/m1./s1. The summed E-state index contributed by atoms with van der Waals surface area (Å²) in [4.78, 5) is 17.8. The van der Waals surface area contributed by atoms with Crippen LogP contribution in [-0.4, -0.2) is 81.1 Å². The number of carbonyl (C=O) groups is 1. The van der Waals surface area contributed by atoms with Gasteiger partial charge in [0, 0.05) is 51.7 Å². The van der Waals surface area contributed by atoms with E-state index in [4.69, 9.17) is 0 Å². The van der Waals surface area contributed by atoms with E-state index in [0.717, 1.165) is 25.8 Å². The fourth-order valence-corrected chi connectivity index (χ4v) is 4.56. The summed E-state index contributed by atoms with van der Waals surface area (Å²) in [7, 11) is -1.46. The Kier molecular flexibility index (Phi) is 8.89. The first-order chi connectivity index (χ1) is 11.3. The molecular formula is C15H30IN5O3S. The van der Waals surface area contributed by atoms with Gasteiger partial charge in [0.25, 0.3) is 0 Å². The van der Waals surface area contributed by atoms with Crippen LogP contribution in [0.25, 0.3) is 0 Å². The Morgan fingerprint density at radius 1 is 1.28 bits per heavy atom. The van der Waals surface area contributed by atoms with Crippen LogP contribution in [0.5, 0.6) is 0 Å². The van der Waals surface area contributed by atoms with Gasteiger partial charge in [0.1, 0.15) is 0 Å². The topological polar surface area (TPSA) is 94.1 Å². The van der Waals surface area contributed by atoms with Gasteiger partial charge in [0.05, 0.1) is 6.26 Å². The van der Waals surface area contributed by atoms with Crippen LogP contribution in [0.15, 0.2) is 4.99 Å². The number of nitrogens with zero attached hydrogens (tertiary/aromatic N) is 3. The number of amides is 1. The first-order valence-electron chi connectivity index (χ1n) is 8.57. The summed E-state index contributed by atoms with van der Waals surface area (Å²) in [5.74, 6) is 0.836. The van der Waals surface area contributed by atoms with Crippen LogP contribution in [0.3, 0.4) is 0 Å². The van der Waals surface area contributed by atoms with Crippen LogP contribution in [0.2, 0.25) is 0 Å². The summed E-state index contributed by atoms with van der Waals surface area (Å²) < 4.78 is 25.1. The Morgan fingerprint density at radius 2 is 2.00 bits per heavy atom. The fourth-order valence-electron chi connectivity index (χ4n) is 3.38. The highest BCUT2D eigenvalue weighted by Crippen LogP contribution is 2.19. The Hall–Kier alpha value is -0.620. The molecule has 2 saturated heterocycles. The van der Waals surface area contributed by atoms with Gasteiger partial charge in [0.2, 0.25) is 15.9 Å². The summed E-state index contributed by atoms with van der Waals surface area (Å²) in [6, 6.07) is 0.154. The van der Waals surface area contributed by atoms with E-state index in [2.05, 4.69) is 15.6 Å². The zero-order chi connectivity index (χ0) is 17.7. The van der Waals surface area contributed by atoms with Crippen LogP contribution >= 0.6 is 24.0 Å². The molecule has 2 N–H and O–H groups in total. The van der Waals surface area contributed by atoms with Crippen molar-refractivity contribution in [3.05, 3.63) is 0 Å². The number of carbonyl (C=O) groups excluding carboxylic acids is 1. The molecule has 8 nitrogen and oxygen atoms in total. The minimum absolute atomic E-state index is 0. The molecule has 2 rings (SSSR count). The van der Waals surface area contributed by atoms with Crippen LogP contribution in [-0.2, 0) is 14.8 Å². The molecule has 0 aromatic carbocycles. The highest BCUT2D eigenvalue weighted by Gasteiger charge is 2.31. The molecule has 0 radical (unpaired) electrons. The van der Waals surface area contributed by atoms with Crippen molar-refractivity contribution >= 4 is 45.9 Å². The highest BCUT2D eigenvalue weighted by molar-refractivity contribution is 14.0. The molecule has 0 aliphatic carbocycles. The molecular weight excluding hydrogens is 457 g/mol. The number of hydrogen-bond acceptors (Lipinski definition) is 4. The van der Waals surface area contributed by atoms with Crippen molar-refractivity contribution < 1.29 is 13.2 Å². The third kappa shape index (κ3) is 6.24. The van der Waals surface area contributed by atoms with Crippen molar-refractivity contribution in [2.75, 3.05) is 39.5 Å². The second-order valence-corrected chi connectivity index (χ2v) is 8.38. The van der Waals surface area contributed by atoms with E-state index >= 15 is 0 Å². The predicted molar refractivity (Wildman–Crippen MR) is 110 cm³/mol. The number of rotatable bonds is 5. The average Bonchev–Trinajstić information content (AvgIpc) is 3.19. The largest absolute Gasteiger partial charge is 0.355 e. The molecule has 0 aromatic heterocycles. The Bertz CT molecular complexity index is 584. The van der Waals surface area contributed by atoms with Crippen molar-refractivity contribution in [3.63, 3.8) is 0 Å². The maximum atomic E-state index is 11.8. The quantitative estimate of drug-likeness (QED) is 0.329. The Balaban J connectivity index is 0.00000312. The average molecular weight is 487 g/mol. The van der Waals surface area contributed by atoms with Crippen LogP contribution in [0.1, 0.15) is 32.6 Å². The summed E-state index contributed by atoms with van der Waals surface area (Å²) in [5, 5.41) is 6.56. The Morgan fingerprint density at radius 3 is 2.60 bits per heavy atom. The van der Waals surface area contributed by atoms with Crippen molar-refractivity contribution in [1.82, 2.24) is 19.8 Å². The molecule has 0 spiro atoms. The van der Waals surface area contributed by atoms with Gasteiger partial charge < -0.3 is 15.5 Å². The van der Waals surface area contributed by atoms with Crippen LogP contribution < -0.4 is 10.6 Å². The number of guanidine groups is 1. The molecule has 1 amide bonds. The summed E-state index contributed by atoms with van der Waals surface area (Å²) in [5.41, 5.74) is 0. The van der Waals surface area contributed by atoms with Crippen LogP contribution in [0, 0.1) is 0 Å². The number of halogens is 1. The van der Waals surface area contributed by atoms with Gasteiger partial charge in [-0.25, -0.2) is 8.42 Å². The first kappa shape index (κ1) is 22.4. The normalized spacial score (nSPS) is 24.9. The SMILES string of the molecule is CCC(=O)N1CCC(NC(=NC)NC[C@H]2CCCN2S(C)(=O)=O)C1.I. The molecule has 0 aromatic rings. The van der Waals surface area contributed by atoms with Gasteiger partial charge in [-0.1, -0.05) is 6.92 Å². The zero-order valence-electron chi connectivity index (χ0n) is 15.2. The second-order valence-electron chi connectivity index (χ2n) is 6.45. The smallest absolute Gasteiger partial charge is 0.222 e. The lowest BCUT2D eigenvalue weighted by Crippen LogP contribution is -2.49. The summed E-state index contributed by atoms with van der Waals surface area (Å²) in [6.07, 6.45) is 4.44. The molecule has 146 valence electrons. The van der Waals surface area contributed by atoms with Gasteiger partial charge >= 0.3 is 0 Å². The Labute approximate surface area is 167 Å². The number of likely N-dealkylation sites (tertiary alicyclic amines) is 1. The van der Waals surface area contributed by atoms with Crippen molar-refractivity contribution in [3.8, 4) is 0 Å². The number of sulfonamides is 1. The van der Waals surface area contributed by atoms with Crippen molar-refractivity contribution in [2.45, 2.75) is 44.7 Å². The number of aliphatic imine (C=N–C) groups is 1. The van der Waals surface area contributed by atoms with E-state index in [1.165, 1.54) is 6.26 Å². The van der Waals surface area contributed by atoms with E-state index in [-0.39, 0.29) is 42.0 Å². The van der Waals surface area contributed by atoms with Crippen LogP contribution in [0.4, 0.5) is 0 Å². The number of hydrogen-bond donors (Lipinski definition) is 2.